The predicted octanol–water partition coefficient (Wildman–Crippen LogP) is 4.97. The highest BCUT2D eigenvalue weighted by atomic mass is 79.9. The van der Waals surface area contributed by atoms with Gasteiger partial charge >= 0.3 is 0 Å². The number of ether oxygens (including phenoxy) is 1. The van der Waals surface area contributed by atoms with Crippen LogP contribution >= 0.6 is 15.9 Å². The summed E-state index contributed by atoms with van der Waals surface area (Å²) in [4.78, 5) is 17.0. The Labute approximate surface area is 276 Å². The van der Waals surface area contributed by atoms with Crippen molar-refractivity contribution in [1.82, 2.24) is 28.2 Å². The molecule has 1 atom stereocenters. The van der Waals surface area contributed by atoms with Crippen molar-refractivity contribution >= 4 is 36.9 Å². The van der Waals surface area contributed by atoms with Crippen LogP contribution in [-0.4, -0.2) is 62.9 Å². The van der Waals surface area contributed by atoms with Crippen molar-refractivity contribution < 1.29 is 13.2 Å². The highest BCUT2D eigenvalue weighted by Gasteiger charge is 2.42. The van der Waals surface area contributed by atoms with Gasteiger partial charge in [-0.1, -0.05) is 36.8 Å². The van der Waals surface area contributed by atoms with E-state index in [-0.39, 0.29) is 15.8 Å². The summed E-state index contributed by atoms with van der Waals surface area (Å²) in [6.07, 6.45) is 6.28. The van der Waals surface area contributed by atoms with Crippen molar-refractivity contribution in [2.45, 2.75) is 50.0 Å². The van der Waals surface area contributed by atoms with E-state index < -0.39 is 15.6 Å². The number of halogens is 1. The van der Waals surface area contributed by atoms with Crippen LogP contribution in [0.2, 0.25) is 0 Å². The maximum atomic E-state index is 14.5. The van der Waals surface area contributed by atoms with Gasteiger partial charge in [-0.15, -0.1) is 10.2 Å². The number of benzene rings is 2. The lowest BCUT2D eigenvalue weighted by Gasteiger charge is -2.41. The van der Waals surface area contributed by atoms with Gasteiger partial charge in [0.25, 0.3) is 15.6 Å². The van der Waals surface area contributed by atoms with Gasteiger partial charge in [-0.2, -0.15) is 0 Å². The molecule has 0 N–H and O–H groups in total. The highest BCUT2D eigenvalue weighted by Crippen LogP contribution is 2.37. The van der Waals surface area contributed by atoms with Crippen LogP contribution in [0.4, 0.5) is 0 Å². The van der Waals surface area contributed by atoms with Crippen LogP contribution in [0.15, 0.2) is 81.3 Å². The van der Waals surface area contributed by atoms with Crippen molar-refractivity contribution in [2.75, 3.05) is 26.3 Å². The highest BCUT2D eigenvalue weighted by molar-refractivity contribution is 9.10. The van der Waals surface area contributed by atoms with E-state index in [1.54, 1.807) is 41.4 Å². The summed E-state index contributed by atoms with van der Waals surface area (Å²) in [7, 11) is -2.19. The molecule has 2 aliphatic heterocycles. The van der Waals surface area contributed by atoms with Crippen LogP contribution < -0.4 is 5.56 Å². The molecule has 240 valence electrons. The van der Waals surface area contributed by atoms with Crippen molar-refractivity contribution in [3.8, 4) is 5.69 Å². The van der Waals surface area contributed by atoms with Gasteiger partial charge in [-0.05, 0) is 84.1 Å². The Kier molecular flexibility index (Phi) is 8.03. The first-order chi connectivity index (χ1) is 22.1. The summed E-state index contributed by atoms with van der Waals surface area (Å²) in [5, 5.41) is 8.90. The monoisotopic (exact) mass is 704 g/mol. The first-order valence-corrected chi connectivity index (χ1v) is 17.8. The van der Waals surface area contributed by atoms with Crippen molar-refractivity contribution in [3.05, 3.63) is 105 Å². The lowest BCUT2D eigenvalue weighted by Crippen LogP contribution is -2.49. The van der Waals surface area contributed by atoms with Crippen LogP contribution in [0.5, 0.6) is 0 Å². The van der Waals surface area contributed by atoms with Crippen molar-refractivity contribution in [2.24, 2.45) is 13.0 Å². The fraction of sp³-hybridized carbons (Fsp3) is 0.382. The lowest BCUT2D eigenvalue weighted by atomic mass is 9.75. The quantitative estimate of drug-likeness (QED) is 0.225. The predicted molar refractivity (Wildman–Crippen MR) is 180 cm³/mol. The molecule has 2 fully saturated rings. The van der Waals surface area contributed by atoms with Gasteiger partial charge < -0.3 is 9.30 Å². The van der Waals surface area contributed by atoms with Crippen LogP contribution in [0.3, 0.4) is 0 Å². The molecule has 12 heteroatoms. The molecule has 0 aliphatic carbocycles. The minimum Gasteiger partial charge on any atom is -0.379 e. The molecule has 3 aromatic heterocycles. The molecule has 10 nitrogen and oxygen atoms in total. The smallest absolute Gasteiger partial charge is 0.280 e. The zero-order valence-electron chi connectivity index (χ0n) is 26.2. The van der Waals surface area contributed by atoms with Gasteiger partial charge in [0.15, 0.2) is 0 Å². The van der Waals surface area contributed by atoms with E-state index in [0.717, 1.165) is 42.9 Å². The Balaban J connectivity index is 1.38. The Bertz CT molecular complexity index is 2100. The van der Waals surface area contributed by atoms with E-state index in [1.165, 1.54) is 3.97 Å². The molecule has 2 aromatic carbocycles. The van der Waals surface area contributed by atoms with Crippen LogP contribution in [0, 0.1) is 12.8 Å². The van der Waals surface area contributed by atoms with E-state index in [9.17, 15) is 13.2 Å². The van der Waals surface area contributed by atoms with E-state index in [4.69, 9.17) is 4.74 Å². The van der Waals surface area contributed by atoms with E-state index in [2.05, 4.69) is 38.0 Å². The van der Waals surface area contributed by atoms with E-state index in [0.29, 0.717) is 53.3 Å². The number of aromatic nitrogens is 5. The molecule has 46 heavy (non-hydrogen) atoms. The van der Waals surface area contributed by atoms with E-state index in [1.807, 2.05) is 48.9 Å². The fourth-order valence-electron chi connectivity index (χ4n) is 6.81. The van der Waals surface area contributed by atoms with Gasteiger partial charge in [-0.25, -0.2) is 12.4 Å². The third kappa shape index (κ3) is 5.44. The molecule has 0 amide bonds. The number of hydrogen-bond donors (Lipinski definition) is 0. The Morgan fingerprint density at radius 2 is 1.89 bits per heavy atom. The summed E-state index contributed by atoms with van der Waals surface area (Å²) in [5.41, 5.74) is 2.60. The second-order valence-electron chi connectivity index (χ2n) is 13.0. The second-order valence-corrected chi connectivity index (χ2v) is 15.6. The van der Waals surface area contributed by atoms with Crippen molar-refractivity contribution in [1.29, 1.82) is 0 Å². The Hall–Kier alpha value is -3.58. The average Bonchev–Trinajstić information content (AvgIpc) is 3.61. The maximum Gasteiger partial charge on any atom is 0.280 e. The topological polar surface area (TPSA) is 104 Å². The number of piperidine rings is 1. The molecule has 0 spiro atoms. The third-order valence-corrected chi connectivity index (χ3v) is 11.8. The molecule has 0 radical (unpaired) electrons. The van der Waals surface area contributed by atoms with Crippen molar-refractivity contribution in [3.63, 3.8) is 0 Å². The first kappa shape index (κ1) is 31.0. The van der Waals surface area contributed by atoms with Crippen LogP contribution in [0.25, 0.3) is 16.6 Å². The van der Waals surface area contributed by atoms with E-state index >= 15 is 0 Å². The summed E-state index contributed by atoms with van der Waals surface area (Å²) in [5.74, 6) is 1.37. The summed E-state index contributed by atoms with van der Waals surface area (Å²) >= 11 is 3.71. The minimum atomic E-state index is -4.11. The molecule has 5 aromatic rings. The normalized spacial score (nSPS) is 18.6. The number of likely N-dealkylation sites (tertiary alicyclic amines) is 1. The summed E-state index contributed by atoms with van der Waals surface area (Å²) in [6.45, 7) is 7.38. The molecule has 2 aliphatic rings. The van der Waals surface area contributed by atoms with Gasteiger partial charge in [-0.3, -0.25) is 14.3 Å². The van der Waals surface area contributed by atoms with Gasteiger partial charge in [0.2, 0.25) is 0 Å². The molecule has 7 rings (SSSR count). The number of nitrogens with zero attached hydrogens (tertiary/aromatic N) is 6. The molecule has 0 bridgehead atoms. The number of hydrogen-bond acceptors (Lipinski definition) is 7. The number of fused-ring (bicyclic) bond motifs is 1. The second kappa shape index (κ2) is 11.9. The minimum absolute atomic E-state index is 0.126. The Morgan fingerprint density at radius 3 is 2.57 bits per heavy atom. The average molecular weight is 706 g/mol. The summed E-state index contributed by atoms with van der Waals surface area (Å²) in [6, 6.07) is 16.5. The molecule has 2 saturated heterocycles. The van der Waals surface area contributed by atoms with Gasteiger partial charge in [0, 0.05) is 59.4 Å². The SMILES string of the molecule is Cc1ccc(S(=O)(=O)n2c(CN3CCC[C@H](C)C3)cc3c(Br)cn(-c4cccc(C5(Cc6nncn6C)COC5)c4)c(=O)c32)cc1. The fourth-order valence-corrected chi connectivity index (χ4v) is 8.85. The molecule has 0 unspecified atom stereocenters. The zero-order valence-corrected chi connectivity index (χ0v) is 28.6. The molecule has 0 saturated carbocycles. The molecule has 5 heterocycles. The third-order valence-electron chi connectivity index (χ3n) is 9.43. The molecular weight excluding hydrogens is 668 g/mol. The Morgan fingerprint density at radius 1 is 1.11 bits per heavy atom. The summed E-state index contributed by atoms with van der Waals surface area (Å²) < 4.78 is 39.9. The zero-order chi connectivity index (χ0) is 32.2. The number of rotatable bonds is 8. The number of pyridine rings is 1. The van der Waals surface area contributed by atoms with Gasteiger partial charge in [0.1, 0.15) is 17.7 Å². The number of aryl methyl sites for hydroxylation is 2. The maximum absolute atomic E-state index is 14.5. The van der Waals surface area contributed by atoms with Gasteiger partial charge in [0.05, 0.1) is 18.1 Å². The van der Waals surface area contributed by atoms with Crippen LogP contribution in [-0.2, 0) is 40.2 Å². The largest absolute Gasteiger partial charge is 0.379 e. The molecular formula is C34H37BrN6O4S. The van der Waals surface area contributed by atoms with Crippen LogP contribution in [0.1, 0.15) is 42.4 Å². The lowest BCUT2D eigenvalue weighted by molar-refractivity contribution is -0.0611. The first-order valence-electron chi connectivity index (χ1n) is 15.6. The standard InChI is InChI=1S/C34H37BrN6O4S/c1-23-9-11-28(12-10-23)46(43,44)41-27(18-39-13-5-6-24(2)17-39)15-29-30(35)19-40(33(42)32(29)41)26-8-4-7-25(14-26)34(20-45-21-34)16-31-37-36-22-38(31)3/h4,7-12,14-15,19,22,24H,5-6,13,16-18,20-21H2,1-3H3/t24-/m0/s1.